The van der Waals surface area contributed by atoms with Gasteiger partial charge in [-0.25, -0.2) is 4.98 Å². The van der Waals surface area contributed by atoms with Gasteiger partial charge >= 0.3 is 0 Å². The lowest BCUT2D eigenvalue weighted by molar-refractivity contribution is 0.102. The second kappa shape index (κ2) is 7.27. The molecular formula is C17H16N8O2. The molecule has 10 nitrogen and oxygen atoms in total. The number of aromatic amines is 2. The van der Waals surface area contributed by atoms with Crippen molar-refractivity contribution in [1.82, 2.24) is 25.4 Å². The van der Waals surface area contributed by atoms with Crippen LogP contribution in [-0.4, -0.2) is 57.6 Å². The van der Waals surface area contributed by atoms with Gasteiger partial charge in [0.2, 0.25) is 0 Å². The van der Waals surface area contributed by atoms with Crippen molar-refractivity contribution in [3.8, 4) is 17.5 Å². The second-order valence-corrected chi connectivity index (χ2v) is 5.87. The first kappa shape index (κ1) is 16.7. The molecule has 1 fully saturated rings. The molecule has 10 heteroatoms. The van der Waals surface area contributed by atoms with Gasteiger partial charge in [0.25, 0.3) is 5.91 Å². The molecular weight excluding hydrogens is 348 g/mol. The first-order valence-corrected chi connectivity index (χ1v) is 8.34. The minimum atomic E-state index is -0.340. The average molecular weight is 364 g/mol. The van der Waals surface area contributed by atoms with Gasteiger partial charge in [-0.15, -0.1) is 0 Å². The SMILES string of the molecule is N#Cc1c(N2CCOCC2)n[nH]c1NC(=O)c1ccc(-c2ncn[nH]2)cc1. The van der Waals surface area contributed by atoms with Crippen molar-refractivity contribution in [3.05, 3.63) is 41.7 Å². The lowest BCUT2D eigenvalue weighted by Gasteiger charge is -2.26. The Morgan fingerprint density at radius 2 is 2.00 bits per heavy atom. The highest BCUT2D eigenvalue weighted by Crippen LogP contribution is 2.25. The van der Waals surface area contributed by atoms with Crippen LogP contribution in [0.5, 0.6) is 0 Å². The highest BCUT2D eigenvalue weighted by Gasteiger charge is 2.22. The van der Waals surface area contributed by atoms with E-state index in [9.17, 15) is 10.1 Å². The van der Waals surface area contributed by atoms with Crippen molar-refractivity contribution in [2.24, 2.45) is 0 Å². The Morgan fingerprint density at radius 3 is 2.67 bits per heavy atom. The number of aromatic nitrogens is 5. The van der Waals surface area contributed by atoms with E-state index < -0.39 is 0 Å². The molecule has 4 rings (SSSR count). The van der Waals surface area contributed by atoms with Gasteiger partial charge < -0.3 is 15.0 Å². The number of carbonyl (C=O) groups is 1. The van der Waals surface area contributed by atoms with Crippen LogP contribution < -0.4 is 10.2 Å². The van der Waals surface area contributed by atoms with Crippen LogP contribution in [-0.2, 0) is 4.74 Å². The summed E-state index contributed by atoms with van der Waals surface area (Å²) >= 11 is 0. The van der Waals surface area contributed by atoms with Crippen LogP contribution in [0.25, 0.3) is 11.4 Å². The molecule has 1 aliphatic rings. The molecule has 0 aliphatic carbocycles. The van der Waals surface area contributed by atoms with E-state index in [4.69, 9.17) is 4.74 Å². The van der Waals surface area contributed by atoms with Crippen molar-refractivity contribution in [1.29, 1.82) is 5.26 Å². The number of amides is 1. The highest BCUT2D eigenvalue weighted by molar-refractivity contribution is 6.04. The van der Waals surface area contributed by atoms with E-state index >= 15 is 0 Å². The van der Waals surface area contributed by atoms with Gasteiger partial charge in [0.05, 0.1) is 13.2 Å². The molecule has 0 bridgehead atoms. The summed E-state index contributed by atoms with van der Waals surface area (Å²) in [4.78, 5) is 18.6. The Balaban J connectivity index is 1.51. The number of H-pyrrole nitrogens is 2. The molecule has 0 atom stereocenters. The van der Waals surface area contributed by atoms with Crippen LogP contribution in [0, 0.1) is 11.3 Å². The zero-order valence-corrected chi connectivity index (χ0v) is 14.3. The molecule has 27 heavy (non-hydrogen) atoms. The lowest BCUT2D eigenvalue weighted by Crippen LogP contribution is -2.36. The van der Waals surface area contributed by atoms with E-state index in [1.165, 1.54) is 6.33 Å². The number of anilines is 2. The molecule has 3 N–H and O–H groups in total. The van der Waals surface area contributed by atoms with Crippen molar-refractivity contribution in [2.45, 2.75) is 0 Å². The highest BCUT2D eigenvalue weighted by atomic mass is 16.5. The van der Waals surface area contributed by atoms with Crippen LogP contribution in [0.15, 0.2) is 30.6 Å². The molecule has 1 aromatic carbocycles. The molecule has 1 amide bonds. The summed E-state index contributed by atoms with van der Waals surface area (Å²) in [5.41, 5.74) is 1.58. The normalized spacial score (nSPS) is 14.0. The van der Waals surface area contributed by atoms with Crippen LogP contribution in [0.2, 0.25) is 0 Å². The predicted octanol–water partition coefficient (Wildman–Crippen LogP) is 1.16. The lowest BCUT2D eigenvalue weighted by atomic mass is 10.1. The average Bonchev–Trinajstić information content (AvgIpc) is 3.39. The van der Waals surface area contributed by atoms with E-state index in [0.29, 0.717) is 49.1 Å². The summed E-state index contributed by atoms with van der Waals surface area (Å²) in [6, 6.07) is 9.01. The molecule has 136 valence electrons. The third-order valence-corrected chi connectivity index (χ3v) is 4.24. The van der Waals surface area contributed by atoms with Gasteiger partial charge in [0, 0.05) is 24.2 Å². The summed E-state index contributed by atoms with van der Waals surface area (Å²) in [6.07, 6.45) is 1.42. The number of benzene rings is 1. The number of hydrogen-bond acceptors (Lipinski definition) is 7. The summed E-state index contributed by atoms with van der Waals surface area (Å²) in [5.74, 6) is 1.09. The second-order valence-electron chi connectivity index (χ2n) is 5.87. The van der Waals surface area contributed by atoms with Crippen molar-refractivity contribution < 1.29 is 9.53 Å². The molecule has 0 radical (unpaired) electrons. The summed E-state index contributed by atoms with van der Waals surface area (Å²) in [7, 11) is 0. The predicted molar refractivity (Wildman–Crippen MR) is 96.1 cm³/mol. The Bertz CT molecular complexity index is 966. The topological polar surface area (TPSA) is 136 Å². The van der Waals surface area contributed by atoms with Crippen LogP contribution in [0.3, 0.4) is 0 Å². The van der Waals surface area contributed by atoms with E-state index in [1.807, 2.05) is 4.90 Å². The van der Waals surface area contributed by atoms with Crippen LogP contribution in [0.4, 0.5) is 11.6 Å². The molecule has 1 saturated heterocycles. The maximum Gasteiger partial charge on any atom is 0.256 e. The Labute approximate surface area is 154 Å². The molecule has 0 saturated carbocycles. The van der Waals surface area contributed by atoms with Gasteiger partial charge in [-0.1, -0.05) is 12.1 Å². The number of nitrogens with one attached hydrogen (secondary N) is 3. The van der Waals surface area contributed by atoms with Crippen LogP contribution in [0.1, 0.15) is 15.9 Å². The van der Waals surface area contributed by atoms with E-state index in [1.54, 1.807) is 24.3 Å². The fourth-order valence-corrected chi connectivity index (χ4v) is 2.84. The maximum atomic E-state index is 12.5. The number of carbonyl (C=O) groups excluding carboxylic acids is 1. The maximum absolute atomic E-state index is 12.5. The Hall–Kier alpha value is -3.71. The minimum absolute atomic E-state index is 0.281. The van der Waals surface area contributed by atoms with Gasteiger partial charge in [0.1, 0.15) is 23.8 Å². The molecule has 2 aromatic heterocycles. The number of rotatable bonds is 4. The number of hydrogen-bond donors (Lipinski definition) is 3. The first-order chi connectivity index (χ1) is 13.3. The van der Waals surface area contributed by atoms with Gasteiger partial charge in [0.15, 0.2) is 11.6 Å². The smallest absolute Gasteiger partial charge is 0.256 e. The van der Waals surface area contributed by atoms with Gasteiger partial charge in [-0.3, -0.25) is 15.0 Å². The first-order valence-electron chi connectivity index (χ1n) is 8.34. The van der Waals surface area contributed by atoms with Crippen molar-refractivity contribution in [3.63, 3.8) is 0 Å². The standard InChI is InChI=1S/C17H16N8O2/c18-9-13-15(23-24-16(13)25-5-7-27-8-6-25)21-17(26)12-3-1-11(2-4-12)14-19-10-20-22-14/h1-4,10H,5-8H2,(H,19,20,22)(H2,21,23,24,26). The van der Waals surface area contributed by atoms with E-state index in [2.05, 4.69) is 36.8 Å². The fraction of sp³-hybridized carbons (Fsp3) is 0.235. The minimum Gasteiger partial charge on any atom is -0.378 e. The summed E-state index contributed by atoms with van der Waals surface area (Å²) in [6.45, 7) is 2.46. The molecule has 3 heterocycles. The molecule has 3 aromatic rings. The number of morpholine rings is 1. The zero-order valence-electron chi connectivity index (χ0n) is 14.3. The molecule has 0 unspecified atom stereocenters. The van der Waals surface area contributed by atoms with Crippen molar-refractivity contribution >= 4 is 17.5 Å². The number of ether oxygens (including phenoxy) is 1. The van der Waals surface area contributed by atoms with Gasteiger partial charge in [-0.2, -0.15) is 15.5 Å². The van der Waals surface area contributed by atoms with E-state index in [-0.39, 0.29) is 11.7 Å². The number of nitriles is 1. The number of nitrogens with zero attached hydrogens (tertiary/aromatic N) is 5. The third kappa shape index (κ3) is 3.36. The monoisotopic (exact) mass is 364 g/mol. The van der Waals surface area contributed by atoms with Crippen molar-refractivity contribution in [2.75, 3.05) is 36.5 Å². The van der Waals surface area contributed by atoms with Crippen LogP contribution >= 0.6 is 0 Å². The third-order valence-electron chi connectivity index (χ3n) is 4.24. The van der Waals surface area contributed by atoms with E-state index in [0.717, 1.165) is 5.56 Å². The molecule has 1 aliphatic heterocycles. The fourth-order valence-electron chi connectivity index (χ4n) is 2.84. The Kier molecular flexibility index (Phi) is 4.51. The Morgan fingerprint density at radius 1 is 1.22 bits per heavy atom. The zero-order chi connectivity index (χ0) is 18.6. The molecule has 0 spiro atoms. The van der Waals surface area contributed by atoms with Gasteiger partial charge in [-0.05, 0) is 12.1 Å². The summed E-state index contributed by atoms with van der Waals surface area (Å²) < 4.78 is 5.32. The quantitative estimate of drug-likeness (QED) is 0.632. The largest absolute Gasteiger partial charge is 0.378 e. The summed E-state index contributed by atoms with van der Waals surface area (Å²) in [5, 5.41) is 25.7.